The number of likely N-dealkylation sites (N-methyl/N-ethyl adjacent to an activating group) is 1. The van der Waals surface area contributed by atoms with Crippen molar-refractivity contribution >= 4 is 5.91 Å². The van der Waals surface area contributed by atoms with Gasteiger partial charge < -0.3 is 10.0 Å². The van der Waals surface area contributed by atoms with Gasteiger partial charge in [0.1, 0.15) is 0 Å². The van der Waals surface area contributed by atoms with Gasteiger partial charge in [0, 0.05) is 19.5 Å². The van der Waals surface area contributed by atoms with Crippen LogP contribution in [0, 0.1) is 5.92 Å². The monoisotopic (exact) mass is 227 g/mol. The maximum Gasteiger partial charge on any atom is 0.225 e. The van der Waals surface area contributed by atoms with Crippen LogP contribution in [0.5, 0.6) is 0 Å². The number of rotatable bonds is 5. The van der Waals surface area contributed by atoms with Crippen LogP contribution < -0.4 is 0 Å². The fraction of sp³-hybridized carbons (Fsp3) is 0.923. The van der Waals surface area contributed by atoms with E-state index in [0.717, 1.165) is 38.5 Å². The van der Waals surface area contributed by atoms with E-state index >= 15 is 0 Å². The molecule has 1 aliphatic carbocycles. The third-order valence-corrected chi connectivity index (χ3v) is 3.78. The number of carbonyl (C=O) groups excluding carboxylic acids is 1. The molecule has 1 aliphatic rings. The molecule has 1 N–H and O–H groups in total. The van der Waals surface area contributed by atoms with Crippen molar-refractivity contribution in [2.75, 3.05) is 13.6 Å². The van der Waals surface area contributed by atoms with Crippen LogP contribution in [0.15, 0.2) is 0 Å². The first-order valence-electron chi connectivity index (χ1n) is 6.49. The van der Waals surface area contributed by atoms with Crippen LogP contribution in [0.25, 0.3) is 0 Å². The van der Waals surface area contributed by atoms with Gasteiger partial charge in [-0.3, -0.25) is 4.79 Å². The van der Waals surface area contributed by atoms with E-state index in [1.165, 1.54) is 0 Å². The Kier molecular flexibility index (Phi) is 4.78. The molecule has 0 bridgehead atoms. The van der Waals surface area contributed by atoms with Crippen molar-refractivity contribution in [2.45, 2.75) is 58.0 Å². The van der Waals surface area contributed by atoms with Crippen LogP contribution in [0.2, 0.25) is 0 Å². The van der Waals surface area contributed by atoms with Gasteiger partial charge in [-0.15, -0.1) is 0 Å². The van der Waals surface area contributed by atoms with Crippen LogP contribution in [-0.2, 0) is 4.79 Å². The lowest BCUT2D eigenvalue weighted by Crippen LogP contribution is -2.44. The lowest BCUT2D eigenvalue weighted by atomic mass is 9.98. The van der Waals surface area contributed by atoms with Gasteiger partial charge in [0.2, 0.25) is 5.91 Å². The van der Waals surface area contributed by atoms with Gasteiger partial charge in [0.25, 0.3) is 0 Å². The standard InChI is InChI=1S/C13H25NO2/c1-4-11(5-2)12(15)14(3)10-13(16)8-6-7-9-13/h11,16H,4-10H2,1-3H3. The number of nitrogens with zero attached hydrogens (tertiary/aromatic N) is 1. The molecule has 0 aliphatic heterocycles. The molecule has 1 fully saturated rings. The smallest absolute Gasteiger partial charge is 0.225 e. The Morgan fingerprint density at radius 2 is 1.81 bits per heavy atom. The highest BCUT2D eigenvalue weighted by Crippen LogP contribution is 2.30. The van der Waals surface area contributed by atoms with E-state index in [9.17, 15) is 9.90 Å². The Morgan fingerprint density at radius 1 is 1.31 bits per heavy atom. The molecular formula is C13H25NO2. The summed E-state index contributed by atoms with van der Waals surface area (Å²) >= 11 is 0. The zero-order valence-corrected chi connectivity index (χ0v) is 10.8. The van der Waals surface area contributed by atoms with Gasteiger partial charge >= 0.3 is 0 Å². The summed E-state index contributed by atoms with van der Waals surface area (Å²) in [6, 6.07) is 0. The highest BCUT2D eigenvalue weighted by Gasteiger charge is 2.34. The predicted octanol–water partition coefficient (Wildman–Crippen LogP) is 2.19. The fourth-order valence-electron chi connectivity index (χ4n) is 2.66. The largest absolute Gasteiger partial charge is 0.388 e. The van der Waals surface area contributed by atoms with Crippen LogP contribution in [0.4, 0.5) is 0 Å². The summed E-state index contributed by atoms with van der Waals surface area (Å²) < 4.78 is 0. The van der Waals surface area contributed by atoms with Crippen molar-refractivity contribution < 1.29 is 9.90 Å². The molecule has 1 rings (SSSR count). The van der Waals surface area contributed by atoms with E-state index in [0.29, 0.717) is 6.54 Å². The molecule has 3 heteroatoms. The van der Waals surface area contributed by atoms with Gasteiger partial charge in [0.05, 0.1) is 5.60 Å². The van der Waals surface area contributed by atoms with E-state index in [2.05, 4.69) is 0 Å². The van der Waals surface area contributed by atoms with Gasteiger partial charge in [-0.1, -0.05) is 26.7 Å². The van der Waals surface area contributed by atoms with E-state index in [-0.39, 0.29) is 11.8 Å². The first-order valence-corrected chi connectivity index (χ1v) is 6.49. The molecule has 3 nitrogen and oxygen atoms in total. The second kappa shape index (κ2) is 5.67. The molecule has 94 valence electrons. The molecule has 1 saturated carbocycles. The van der Waals surface area contributed by atoms with Crippen molar-refractivity contribution in [3.8, 4) is 0 Å². The normalized spacial score (nSPS) is 19.1. The number of carbonyl (C=O) groups is 1. The van der Waals surface area contributed by atoms with Crippen LogP contribution >= 0.6 is 0 Å². The molecule has 0 saturated heterocycles. The van der Waals surface area contributed by atoms with E-state index in [1.54, 1.807) is 4.90 Å². The Morgan fingerprint density at radius 3 is 2.25 bits per heavy atom. The first kappa shape index (κ1) is 13.5. The van der Waals surface area contributed by atoms with E-state index in [4.69, 9.17) is 0 Å². The zero-order chi connectivity index (χ0) is 12.2. The fourth-order valence-corrected chi connectivity index (χ4v) is 2.66. The van der Waals surface area contributed by atoms with E-state index < -0.39 is 5.60 Å². The summed E-state index contributed by atoms with van der Waals surface area (Å²) in [4.78, 5) is 13.8. The van der Waals surface area contributed by atoms with Crippen molar-refractivity contribution in [2.24, 2.45) is 5.92 Å². The summed E-state index contributed by atoms with van der Waals surface area (Å²) in [6.07, 6.45) is 5.63. The Balaban J connectivity index is 2.50. The highest BCUT2D eigenvalue weighted by molar-refractivity contribution is 5.78. The average molecular weight is 227 g/mol. The van der Waals surface area contributed by atoms with Crippen LogP contribution in [-0.4, -0.2) is 35.1 Å². The van der Waals surface area contributed by atoms with Gasteiger partial charge in [-0.05, 0) is 25.7 Å². The molecule has 0 unspecified atom stereocenters. The second-order valence-electron chi connectivity index (χ2n) is 5.14. The molecule has 0 aromatic heterocycles. The molecular weight excluding hydrogens is 202 g/mol. The molecule has 0 atom stereocenters. The number of aliphatic hydroxyl groups is 1. The third-order valence-electron chi connectivity index (χ3n) is 3.78. The zero-order valence-electron chi connectivity index (χ0n) is 10.8. The average Bonchev–Trinajstić information content (AvgIpc) is 2.66. The van der Waals surface area contributed by atoms with Crippen molar-refractivity contribution in [1.29, 1.82) is 0 Å². The molecule has 0 heterocycles. The minimum atomic E-state index is -0.615. The lowest BCUT2D eigenvalue weighted by molar-refractivity contribution is -0.137. The van der Waals surface area contributed by atoms with Crippen LogP contribution in [0.1, 0.15) is 52.4 Å². The summed E-state index contributed by atoms with van der Waals surface area (Å²) in [5.41, 5.74) is -0.615. The molecule has 16 heavy (non-hydrogen) atoms. The van der Waals surface area contributed by atoms with Crippen molar-refractivity contribution in [3.63, 3.8) is 0 Å². The highest BCUT2D eigenvalue weighted by atomic mass is 16.3. The molecule has 0 spiro atoms. The van der Waals surface area contributed by atoms with Crippen molar-refractivity contribution in [3.05, 3.63) is 0 Å². The topological polar surface area (TPSA) is 40.5 Å². The molecule has 0 aromatic rings. The SMILES string of the molecule is CCC(CC)C(=O)N(C)CC1(O)CCCC1. The van der Waals surface area contributed by atoms with Gasteiger partial charge in [-0.2, -0.15) is 0 Å². The van der Waals surface area contributed by atoms with Crippen molar-refractivity contribution in [1.82, 2.24) is 4.90 Å². The summed E-state index contributed by atoms with van der Waals surface area (Å²) in [6.45, 7) is 4.59. The molecule has 0 aromatic carbocycles. The Labute approximate surface area is 98.8 Å². The number of amides is 1. The Hall–Kier alpha value is -0.570. The van der Waals surface area contributed by atoms with Gasteiger partial charge in [0.15, 0.2) is 0 Å². The first-order chi connectivity index (χ1) is 7.52. The summed E-state index contributed by atoms with van der Waals surface area (Å²) in [5.74, 6) is 0.306. The molecule has 1 amide bonds. The minimum absolute atomic E-state index is 0.120. The molecule has 0 radical (unpaired) electrons. The van der Waals surface area contributed by atoms with Crippen LogP contribution in [0.3, 0.4) is 0 Å². The maximum atomic E-state index is 12.1. The second-order valence-corrected chi connectivity index (χ2v) is 5.14. The minimum Gasteiger partial charge on any atom is -0.388 e. The summed E-state index contributed by atoms with van der Waals surface area (Å²) in [5, 5.41) is 10.2. The Bertz CT molecular complexity index is 230. The predicted molar refractivity (Wildman–Crippen MR) is 65.1 cm³/mol. The number of hydrogen-bond acceptors (Lipinski definition) is 2. The number of hydrogen-bond donors (Lipinski definition) is 1. The lowest BCUT2D eigenvalue weighted by Gasteiger charge is -2.30. The quantitative estimate of drug-likeness (QED) is 0.782. The summed E-state index contributed by atoms with van der Waals surface area (Å²) in [7, 11) is 1.82. The maximum absolute atomic E-state index is 12.1. The van der Waals surface area contributed by atoms with E-state index in [1.807, 2.05) is 20.9 Å². The van der Waals surface area contributed by atoms with Gasteiger partial charge in [-0.25, -0.2) is 0 Å². The third kappa shape index (κ3) is 3.21.